The summed E-state index contributed by atoms with van der Waals surface area (Å²) in [5, 5.41) is 20.0. The number of amides is 2. The molecule has 0 bridgehead atoms. The topological polar surface area (TPSA) is 102 Å². The van der Waals surface area contributed by atoms with Crippen molar-refractivity contribution < 1.29 is 14.3 Å². The number of methoxy groups -OCH3 is 1. The van der Waals surface area contributed by atoms with Gasteiger partial charge < -0.3 is 14.6 Å². The minimum atomic E-state index is -0.231. The summed E-state index contributed by atoms with van der Waals surface area (Å²) in [6, 6.07) is 19.0. The van der Waals surface area contributed by atoms with Gasteiger partial charge in [-0.15, -0.1) is 21.5 Å². The quantitative estimate of drug-likeness (QED) is 0.262. The van der Waals surface area contributed by atoms with Crippen molar-refractivity contribution in [3.63, 3.8) is 0 Å². The number of carbonyl (C=O) groups excluding carboxylic acids is 2. The first kappa shape index (κ1) is 27.1. The number of thioether (sulfide) groups is 1. The third-order valence-electron chi connectivity index (χ3n) is 6.25. The number of hydrogen-bond acceptors (Lipinski definition) is 8. The molecular formula is C27H25BrN6O3S2. The van der Waals surface area contributed by atoms with Gasteiger partial charge in [0.05, 0.1) is 36.0 Å². The number of rotatable bonds is 9. The Kier molecular flexibility index (Phi) is 8.44. The van der Waals surface area contributed by atoms with E-state index in [9.17, 15) is 9.59 Å². The molecule has 1 aliphatic rings. The fourth-order valence-corrected chi connectivity index (χ4v) is 5.80. The van der Waals surface area contributed by atoms with Crippen LogP contribution in [0, 0.1) is 0 Å². The second kappa shape index (κ2) is 12.1. The molecule has 2 aromatic carbocycles. The number of aromatic nitrogens is 3. The summed E-state index contributed by atoms with van der Waals surface area (Å²) in [5.74, 6) is 1.20. The van der Waals surface area contributed by atoms with Gasteiger partial charge in [-0.25, -0.2) is 5.01 Å². The molecule has 5 rings (SSSR count). The van der Waals surface area contributed by atoms with Crippen molar-refractivity contribution >= 4 is 56.6 Å². The molecule has 0 unspecified atom stereocenters. The SMILES string of the molecule is COc1ccc([C@@H]2CC(c3ccc(Br)cc3)=NN2C(=O)CSc2nnc(CNC(=O)c3cccs3)n2C)cc1. The fraction of sp³-hybridized carbons (Fsp3) is 0.222. The zero-order valence-electron chi connectivity index (χ0n) is 21.2. The lowest BCUT2D eigenvalue weighted by Crippen LogP contribution is -2.28. The van der Waals surface area contributed by atoms with E-state index in [0.29, 0.717) is 22.3 Å². The molecule has 0 spiro atoms. The molecule has 0 fully saturated rings. The zero-order valence-corrected chi connectivity index (χ0v) is 24.4. The minimum absolute atomic E-state index is 0.136. The number of hydrogen-bond donors (Lipinski definition) is 1. The molecule has 0 radical (unpaired) electrons. The van der Waals surface area contributed by atoms with Crippen LogP contribution >= 0.6 is 39.0 Å². The van der Waals surface area contributed by atoms with Crippen molar-refractivity contribution in [3.8, 4) is 5.75 Å². The van der Waals surface area contributed by atoms with Gasteiger partial charge in [0.15, 0.2) is 11.0 Å². The molecule has 0 saturated heterocycles. The van der Waals surface area contributed by atoms with Gasteiger partial charge in [0.1, 0.15) is 5.75 Å². The number of hydrazone groups is 1. The maximum absolute atomic E-state index is 13.5. The summed E-state index contributed by atoms with van der Waals surface area (Å²) in [6.45, 7) is 0.237. The highest BCUT2D eigenvalue weighted by atomic mass is 79.9. The summed E-state index contributed by atoms with van der Waals surface area (Å²) >= 11 is 6.14. The van der Waals surface area contributed by atoms with Gasteiger partial charge in [-0.05, 0) is 46.8 Å². The lowest BCUT2D eigenvalue weighted by Gasteiger charge is -2.22. The van der Waals surface area contributed by atoms with Gasteiger partial charge >= 0.3 is 0 Å². The van der Waals surface area contributed by atoms with Gasteiger partial charge in [-0.3, -0.25) is 9.59 Å². The van der Waals surface area contributed by atoms with Gasteiger partial charge in [0.25, 0.3) is 11.8 Å². The lowest BCUT2D eigenvalue weighted by molar-refractivity contribution is -0.130. The predicted molar refractivity (Wildman–Crippen MR) is 155 cm³/mol. The number of nitrogens with zero attached hydrogens (tertiary/aromatic N) is 5. The molecule has 200 valence electrons. The Balaban J connectivity index is 1.28. The second-order valence-electron chi connectivity index (χ2n) is 8.69. The van der Waals surface area contributed by atoms with Crippen molar-refractivity contribution in [1.29, 1.82) is 0 Å². The van der Waals surface area contributed by atoms with Crippen LogP contribution in [0.1, 0.15) is 39.1 Å². The van der Waals surface area contributed by atoms with Crippen molar-refractivity contribution in [2.24, 2.45) is 12.1 Å². The van der Waals surface area contributed by atoms with Gasteiger partial charge in [0, 0.05) is 17.9 Å². The van der Waals surface area contributed by atoms with Crippen LogP contribution in [0.4, 0.5) is 0 Å². The van der Waals surface area contributed by atoms with E-state index in [4.69, 9.17) is 9.84 Å². The van der Waals surface area contributed by atoms with E-state index in [0.717, 1.165) is 27.1 Å². The maximum Gasteiger partial charge on any atom is 0.261 e. The summed E-state index contributed by atoms with van der Waals surface area (Å²) in [5.41, 5.74) is 2.80. The van der Waals surface area contributed by atoms with Gasteiger partial charge in [-0.2, -0.15) is 5.10 Å². The van der Waals surface area contributed by atoms with Crippen molar-refractivity contribution in [2.75, 3.05) is 12.9 Å². The van der Waals surface area contributed by atoms with Crippen LogP contribution in [0.25, 0.3) is 0 Å². The van der Waals surface area contributed by atoms with Crippen LogP contribution in [0.5, 0.6) is 5.75 Å². The highest BCUT2D eigenvalue weighted by molar-refractivity contribution is 9.10. The Hall–Kier alpha value is -3.48. The average molecular weight is 626 g/mol. The van der Waals surface area contributed by atoms with Crippen LogP contribution in [0.15, 0.2) is 80.8 Å². The fourth-order valence-electron chi connectivity index (χ4n) is 4.11. The largest absolute Gasteiger partial charge is 0.497 e. The molecule has 2 aromatic heterocycles. The number of benzene rings is 2. The van der Waals surface area contributed by atoms with E-state index in [1.807, 2.05) is 67.0 Å². The summed E-state index contributed by atoms with van der Waals surface area (Å²) < 4.78 is 8.07. The monoisotopic (exact) mass is 624 g/mol. The van der Waals surface area contributed by atoms with Crippen LogP contribution in [-0.2, 0) is 18.4 Å². The number of carbonyl (C=O) groups is 2. The Labute approximate surface area is 242 Å². The molecule has 12 heteroatoms. The van der Waals surface area contributed by atoms with E-state index in [1.54, 1.807) is 22.8 Å². The lowest BCUT2D eigenvalue weighted by atomic mass is 9.98. The Morgan fingerprint density at radius 2 is 1.90 bits per heavy atom. The zero-order chi connectivity index (χ0) is 27.4. The number of ether oxygens (including phenoxy) is 1. The van der Waals surface area contributed by atoms with Crippen LogP contribution in [0.3, 0.4) is 0 Å². The standard InChI is InChI=1S/C27H25BrN6O3S2/c1-33-24(15-29-26(36)23-4-3-13-38-23)30-31-27(33)39-16-25(35)34-22(18-7-11-20(37-2)12-8-18)14-21(32-34)17-5-9-19(28)10-6-17/h3-13,22H,14-16H2,1-2H3,(H,29,36)/t22-/m0/s1. The molecule has 3 heterocycles. The van der Waals surface area contributed by atoms with Crippen LogP contribution < -0.4 is 10.1 Å². The molecule has 2 amide bonds. The molecule has 1 atom stereocenters. The number of halogens is 1. The summed E-state index contributed by atoms with van der Waals surface area (Å²) in [7, 11) is 3.45. The predicted octanol–water partition coefficient (Wildman–Crippen LogP) is 5.05. The maximum atomic E-state index is 13.5. The first-order chi connectivity index (χ1) is 18.9. The molecule has 0 aliphatic carbocycles. The highest BCUT2D eigenvalue weighted by Gasteiger charge is 2.33. The molecular weight excluding hydrogens is 600 g/mol. The van der Waals surface area contributed by atoms with Crippen molar-refractivity contribution in [1.82, 2.24) is 25.1 Å². The summed E-state index contributed by atoms with van der Waals surface area (Å²) in [6.07, 6.45) is 0.600. The van der Waals surface area contributed by atoms with Gasteiger partial charge in [0.2, 0.25) is 0 Å². The normalized spacial score (nSPS) is 14.8. The van der Waals surface area contributed by atoms with Crippen LogP contribution in [0.2, 0.25) is 0 Å². The Morgan fingerprint density at radius 3 is 2.59 bits per heavy atom. The average Bonchev–Trinajstić information content (AvgIpc) is 3.72. The summed E-state index contributed by atoms with van der Waals surface area (Å²) in [4.78, 5) is 26.4. The first-order valence-corrected chi connectivity index (χ1v) is 14.7. The Morgan fingerprint density at radius 1 is 1.13 bits per heavy atom. The second-order valence-corrected chi connectivity index (χ2v) is 11.5. The molecule has 4 aromatic rings. The Bertz CT molecular complexity index is 1490. The molecule has 9 nitrogen and oxygen atoms in total. The molecule has 1 N–H and O–H groups in total. The molecule has 1 aliphatic heterocycles. The third kappa shape index (κ3) is 6.23. The number of thiophene rings is 1. The van der Waals surface area contributed by atoms with Crippen LogP contribution in [-0.4, -0.2) is 50.2 Å². The first-order valence-electron chi connectivity index (χ1n) is 12.0. The minimum Gasteiger partial charge on any atom is -0.497 e. The smallest absolute Gasteiger partial charge is 0.261 e. The van der Waals surface area contributed by atoms with E-state index in [1.165, 1.54) is 23.1 Å². The molecule has 0 saturated carbocycles. The number of nitrogens with one attached hydrogen (secondary N) is 1. The van der Waals surface area contributed by atoms with Gasteiger partial charge in [-0.1, -0.05) is 58.0 Å². The van der Waals surface area contributed by atoms with E-state index in [-0.39, 0.29) is 30.2 Å². The van der Waals surface area contributed by atoms with E-state index in [2.05, 4.69) is 31.4 Å². The van der Waals surface area contributed by atoms with E-state index < -0.39 is 0 Å². The van der Waals surface area contributed by atoms with Crippen molar-refractivity contribution in [2.45, 2.75) is 24.2 Å². The van der Waals surface area contributed by atoms with E-state index >= 15 is 0 Å². The third-order valence-corrected chi connectivity index (χ3v) is 8.65. The molecule has 39 heavy (non-hydrogen) atoms. The van der Waals surface area contributed by atoms with Crippen molar-refractivity contribution in [3.05, 3.63) is 92.3 Å². The highest BCUT2D eigenvalue weighted by Crippen LogP contribution is 2.34.